The van der Waals surface area contributed by atoms with E-state index in [9.17, 15) is 14.9 Å². The van der Waals surface area contributed by atoms with E-state index in [1.54, 1.807) is 12.1 Å². The predicted molar refractivity (Wildman–Crippen MR) is 75.2 cm³/mol. The highest BCUT2D eigenvalue weighted by atomic mass is 16.6. The van der Waals surface area contributed by atoms with Gasteiger partial charge in [-0.3, -0.25) is 14.9 Å². The van der Waals surface area contributed by atoms with E-state index in [1.807, 2.05) is 13.8 Å². The molecule has 20 heavy (non-hydrogen) atoms. The Morgan fingerprint density at radius 2 is 2.30 bits per heavy atom. The summed E-state index contributed by atoms with van der Waals surface area (Å²) in [5.41, 5.74) is 0.772. The number of amides is 1. The van der Waals surface area contributed by atoms with Crippen molar-refractivity contribution in [3.63, 3.8) is 0 Å². The second kappa shape index (κ2) is 6.00. The zero-order chi connectivity index (χ0) is 14.7. The molecule has 0 radical (unpaired) electrons. The van der Waals surface area contributed by atoms with Gasteiger partial charge in [0.25, 0.3) is 5.69 Å². The van der Waals surface area contributed by atoms with E-state index < -0.39 is 4.92 Å². The van der Waals surface area contributed by atoms with Crippen molar-refractivity contribution in [2.45, 2.75) is 32.4 Å². The molecular weight excluding hydrogens is 258 g/mol. The van der Waals surface area contributed by atoms with Crippen LogP contribution in [0.15, 0.2) is 24.3 Å². The first-order chi connectivity index (χ1) is 9.49. The second-order valence-corrected chi connectivity index (χ2v) is 5.28. The monoisotopic (exact) mass is 277 g/mol. The number of nitro benzene ring substituents is 1. The lowest BCUT2D eigenvalue weighted by Crippen LogP contribution is -2.44. The molecule has 1 aromatic carbocycles. The highest BCUT2D eigenvalue weighted by molar-refractivity contribution is 5.82. The van der Waals surface area contributed by atoms with E-state index in [0.717, 1.165) is 18.5 Å². The highest BCUT2D eigenvalue weighted by Gasteiger charge is 2.30. The van der Waals surface area contributed by atoms with Crippen LogP contribution >= 0.6 is 0 Å². The van der Waals surface area contributed by atoms with E-state index in [-0.39, 0.29) is 23.7 Å². The van der Waals surface area contributed by atoms with Gasteiger partial charge in [0, 0.05) is 12.1 Å². The average molecular weight is 277 g/mol. The van der Waals surface area contributed by atoms with Gasteiger partial charge in [-0.1, -0.05) is 19.1 Å². The summed E-state index contributed by atoms with van der Waals surface area (Å²) in [4.78, 5) is 22.5. The van der Waals surface area contributed by atoms with E-state index in [0.29, 0.717) is 5.92 Å². The maximum atomic E-state index is 12.2. The van der Waals surface area contributed by atoms with Crippen LogP contribution in [0.3, 0.4) is 0 Å². The minimum absolute atomic E-state index is 0.0379. The minimum Gasteiger partial charge on any atom is -0.348 e. The number of rotatable bonds is 4. The Kier molecular flexibility index (Phi) is 4.34. The molecule has 108 valence electrons. The zero-order valence-electron chi connectivity index (χ0n) is 11.6. The van der Waals surface area contributed by atoms with E-state index >= 15 is 0 Å². The van der Waals surface area contributed by atoms with Crippen LogP contribution in [0, 0.1) is 16.0 Å². The molecule has 1 heterocycles. The van der Waals surface area contributed by atoms with Crippen molar-refractivity contribution in [3.05, 3.63) is 39.9 Å². The third-order valence-corrected chi connectivity index (χ3v) is 3.76. The number of carbonyl (C=O) groups excluding carboxylic acids is 1. The Morgan fingerprint density at radius 3 is 2.90 bits per heavy atom. The number of benzene rings is 1. The minimum atomic E-state index is -0.432. The van der Waals surface area contributed by atoms with Gasteiger partial charge in [0.15, 0.2) is 0 Å². The smallest absolute Gasteiger partial charge is 0.269 e. The lowest BCUT2D eigenvalue weighted by Gasteiger charge is -2.20. The molecule has 3 unspecified atom stereocenters. The summed E-state index contributed by atoms with van der Waals surface area (Å²) in [5, 5.41) is 16.8. The Bertz CT molecular complexity index is 518. The Hall–Kier alpha value is -1.95. The van der Waals surface area contributed by atoms with Crippen molar-refractivity contribution >= 4 is 11.6 Å². The SMILES string of the molecule is CC(NC(=O)C1NCCC1C)c1cccc([N+](=O)[O-])c1. The molecule has 1 amide bonds. The Morgan fingerprint density at radius 1 is 1.55 bits per heavy atom. The van der Waals surface area contributed by atoms with Gasteiger partial charge in [-0.15, -0.1) is 0 Å². The topological polar surface area (TPSA) is 84.3 Å². The second-order valence-electron chi connectivity index (χ2n) is 5.28. The summed E-state index contributed by atoms with van der Waals surface area (Å²) < 4.78 is 0. The number of nitrogens with zero attached hydrogens (tertiary/aromatic N) is 1. The molecule has 0 saturated carbocycles. The maximum Gasteiger partial charge on any atom is 0.269 e. The first-order valence-electron chi connectivity index (χ1n) is 6.77. The fraction of sp³-hybridized carbons (Fsp3) is 0.500. The zero-order valence-corrected chi connectivity index (χ0v) is 11.6. The summed E-state index contributed by atoms with van der Waals surface area (Å²) in [6.45, 7) is 4.73. The number of non-ortho nitro benzene ring substituents is 1. The van der Waals surface area contributed by atoms with Crippen molar-refractivity contribution in [1.29, 1.82) is 0 Å². The molecule has 0 aliphatic carbocycles. The molecule has 2 rings (SSSR count). The Labute approximate surface area is 117 Å². The summed E-state index contributed by atoms with van der Waals surface area (Å²) in [5.74, 6) is 0.265. The number of hydrogen-bond acceptors (Lipinski definition) is 4. The Balaban J connectivity index is 2.04. The van der Waals surface area contributed by atoms with Gasteiger partial charge in [0.2, 0.25) is 5.91 Å². The summed E-state index contributed by atoms with van der Waals surface area (Å²) in [6, 6.07) is 5.93. The first kappa shape index (κ1) is 14.5. The van der Waals surface area contributed by atoms with Crippen molar-refractivity contribution in [2.75, 3.05) is 6.54 Å². The average Bonchev–Trinajstić information content (AvgIpc) is 2.85. The number of nitro groups is 1. The van der Waals surface area contributed by atoms with Gasteiger partial charge in [0.05, 0.1) is 17.0 Å². The fourth-order valence-electron chi connectivity index (χ4n) is 2.48. The summed E-state index contributed by atoms with van der Waals surface area (Å²) in [7, 11) is 0. The maximum absolute atomic E-state index is 12.2. The van der Waals surface area contributed by atoms with E-state index in [4.69, 9.17) is 0 Å². The summed E-state index contributed by atoms with van der Waals surface area (Å²) in [6.07, 6.45) is 0.989. The molecule has 0 bridgehead atoms. The molecule has 1 aromatic rings. The molecule has 0 spiro atoms. The van der Waals surface area contributed by atoms with Gasteiger partial charge in [-0.05, 0) is 31.4 Å². The number of nitrogens with one attached hydrogen (secondary N) is 2. The summed E-state index contributed by atoms with van der Waals surface area (Å²) >= 11 is 0. The molecule has 3 atom stereocenters. The predicted octanol–water partition coefficient (Wildman–Crippen LogP) is 1.77. The standard InChI is InChI=1S/C14H19N3O3/c1-9-6-7-15-13(9)14(18)16-10(2)11-4-3-5-12(8-11)17(19)20/h3-5,8-10,13,15H,6-7H2,1-2H3,(H,16,18). The molecule has 1 aliphatic rings. The van der Waals surface area contributed by atoms with Gasteiger partial charge >= 0.3 is 0 Å². The van der Waals surface area contributed by atoms with Gasteiger partial charge in [-0.25, -0.2) is 0 Å². The van der Waals surface area contributed by atoms with Crippen molar-refractivity contribution in [1.82, 2.24) is 10.6 Å². The molecular formula is C14H19N3O3. The van der Waals surface area contributed by atoms with Gasteiger partial charge in [-0.2, -0.15) is 0 Å². The number of hydrogen-bond donors (Lipinski definition) is 2. The van der Waals surface area contributed by atoms with Crippen molar-refractivity contribution in [3.8, 4) is 0 Å². The molecule has 6 nitrogen and oxygen atoms in total. The van der Waals surface area contributed by atoms with Crippen molar-refractivity contribution in [2.24, 2.45) is 5.92 Å². The van der Waals surface area contributed by atoms with Crippen LogP contribution in [0.4, 0.5) is 5.69 Å². The first-order valence-corrected chi connectivity index (χ1v) is 6.77. The molecule has 6 heteroatoms. The van der Waals surface area contributed by atoms with E-state index in [1.165, 1.54) is 12.1 Å². The van der Waals surface area contributed by atoms with Crippen LogP contribution in [0.2, 0.25) is 0 Å². The van der Waals surface area contributed by atoms with E-state index in [2.05, 4.69) is 10.6 Å². The molecule has 1 saturated heterocycles. The van der Waals surface area contributed by atoms with Crippen LogP contribution in [0.5, 0.6) is 0 Å². The van der Waals surface area contributed by atoms with Crippen LogP contribution in [-0.2, 0) is 4.79 Å². The van der Waals surface area contributed by atoms with Crippen LogP contribution < -0.4 is 10.6 Å². The molecule has 1 aliphatic heterocycles. The lowest BCUT2D eigenvalue weighted by atomic mass is 10.0. The normalized spacial score (nSPS) is 23.3. The van der Waals surface area contributed by atoms with Gasteiger partial charge < -0.3 is 10.6 Å². The third kappa shape index (κ3) is 3.14. The fourth-order valence-corrected chi connectivity index (χ4v) is 2.48. The highest BCUT2D eigenvalue weighted by Crippen LogP contribution is 2.20. The molecule has 0 aromatic heterocycles. The van der Waals surface area contributed by atoms with Crippen LogP contribution in [0.25, 0.3) is 0 Å². The quantitative estimate of drug-likeness (QED) is 0.649. The third-order valence-electron chi connectivity index (χ3n) is 3.76. The van der Waals surface area contributed by atoms with Gasteiger partial charge in [0.1, 0.15) is 0 Å². The molecule has 1 fully saturated rings. The molecule has 2 N–H and O–H groups in total. The largest absolute Gasteiger partial charge is 0.348 e. The number of carbonyl (C=O) groups is 1. The van der Waals surface area contributed by atoms with Crippen LogP contribution in [0.1, 0.15) is 31.9 Å². The lowest BCUT2D eigenvalue weighted by molar-refractivity contribution is -0.384. The van der Waals surface area contributed by atoms with Crippen molar-refractivity contribution < 1.29 is 9.72 Å². The van der Waals surface area contributed by atoms with Crippen LogP contribution in [-0.4, -0.2) is 23.4 Å².